The van der Waals surface area contributed by atoms with Crippen LogP contribution in [0.25, 0.3) is 0 Å². The van der Waals surface area contributed by atoms with Gasteiger partial charge in [0.15, 0.2) is 0 Å². The van der Waals surface area contributed by atoms with E-state index in [1.54, 1.807) is 36.4 Å². The highest BCUT2D eigenvalue weighted by molar-refractivity contribution is 7.89. The molecule has 0 atom stereocenters. The van der Waals surface area contributed by atoms with E-state index < -0.39 is 10.0 Å². The summed E-state index contributed by atoms with van der Waals surface area (Å²) >= 11 is 10.7. The summed E-state index contributed by atoms with van der Waals surface area (Å²) in [6.45, 7) is 0.153. The highest BCUT2D eigenvalue weighted by Crippen LogP contribution is 2.14. The van der Waals surface area contributed by atoms with Gasteiger partial charge >= 0.3 is 0 Å². The number of nitrogens with two attached hydrogens (primary N) is 1. The maximum atomic E-state index is 12.2. The standard InChI is InChI=1S/C14H13ClN2O2S2/c15-12-5-1-3-10(7-12)9-17-21(18,19)13-6-2-4-11(8-13)14(16)20/h1-8,17H,9H2,(H2,16,20). The van der Waals surface area contributed by atoms with E-state index in [1.807, 2.05) is 0 Å². The zero-order valence-electron chi connectivity index (χ0n) is 10.9. The molecular formula is C14H13ClN2O2S2. The fraction of sp³-hybridized carbons (Fsp3) is 0.0714. The Hall–Kier alpha value is -1.47. The lowest BCUT2D eigenvalue weighted by molar-refractivity contribution is 0.581. The smallest absolute Gasteiger partial charge is 0.240 e. The summed E-state index contributed by atoms with van der Waals surface area (Å²) in [5, 5.41) is 0.558. The fourth-order valence-corrected chi connectivity index (χ4v) is 3.13. The van der Waals surface area contributed by atoms with Gasteiger partial charge in [0.1, 0.15) is 4.99 Å². The minimum absolute atomic E-state index is 0.120. The summed E-state index contributed by atoms with van der Waals surface area (Å²) in [5.74, 6) is 0. The van der Waals surface area contributed by atoms with E-state index in [-0.39, 0.29) is 16.4 Å². The predicted molar refractivity (Wildman–Crippen MR) is 87.8 cm³/mol. The summed E-state index contributed by atoms with van der Waals surface area (Å²) in [7, 11) is -3.64. The van der Waals surface area contributed by atoms with Gasteiger partial charge in [0.05, 0.1) is 4.90 Å². The lowest BCUT2D eigenvalue weighted by Gasteiger charge is -2.08. The predicted octanol–water partition coefficient (Wildman–Crippen LogP) is 2.45. The minimum atomic E-state index is -3.64. The molecule has 110 valence electrons. The van der Waals surface area contributed by atoms with Crippen LogP contribution in [0.2, 0.25) is 5.02 Å². The third kappa shape index (κ3) is 4.25. The Bertz CT molecular complexity index is 776. The molecule has 0 amide bonds. The molecule has 0 spiro atoms. The Morgan fingerprint density at radius 3 is 2.57 bits per heavy atom. The highest BCUT2D eigenvalue weighted by atomic mass is 35.5. The Kier molecular flexibility index (Phi) is 4.95. The van der Waals surface area contributed by atoms with Crippen molar-refractivity contribution < 1.29 is 8.42 Å². The molecule has 0 saturated carbocycles. The summed E-state index contributed by atoms with van der Waals surface area (Å²) in [6, 6.07) is 13.2. The normalized spacial score (nSPS) is 11.3. The van der Waals surface area contributed by atoms with Crippen LogP contribution in [0.15, 0.2) is 53.4 Å². The quantitative estimate of drug-likeness (QED) is 0.820. The zero-order valence-corrected chi connectivity index (χ0v) is 13.3. The number of thiocarbonyl (C=S) groups is 1. The van der Waals surface area contributed by atoms with Crippen LogP contribution in [0, 0.1) is 0 Å². The maximum absolute atomic E-state index is 12.2. The first-order valence-corrected chi connectivity index (χ1v) is 8.29. The van der Waals surface area contributed by atoms with Gasteiger partial charge < -0.3 is 5.73 Å². The van der Waals surface area contributed by atoms with Crippen molar-refractivity contribution in [1.29, 1.82) is 0 Å². The highest BCUT2D eigenvalue weighted by Gasteiger charge is 2.14. The number of rotatable bonds is 5. The van der Waals surface area contributed by atoms with E-state index in [2.05, 4.69) is 4.72 Å². The van der Waals surface area contributed by atoms with Gasteiger partial charge in [-0.25, -0.2) is 13.1 Å². The van der Waals surface area contributed by atoms with Gasteiger partial charge in [-0.1, -0.05) is 48.1 Å². The molecule has 0 bridgehead atoms. The lowest BCUT2D eigenvalue weighted by Crippen LogP contribution is -2.23. The van der Waals surface area contributed by atoms with Gasteiger partial charge in [-0.15, -0.1) is 0 Å². The van der Waals surface area contributed by atoms with Gasteiger partial charge in [0.25, 0.3) is 0 Å². The number of sulfonamides is 1. The molecule has 2 aromatic carbocycles. The average Bonchev–Trinajstić information content (AvgIpc) is 2.45. The van der Waals surface area contributed by atoms with Crippen LogP contribution >= 0.6 is 23.8 Å². The van der Waals surface area contributed by atoms with Crippen molar-refractivity contribution >= 4 is 38.8 Å². The van der Waals surface area contributed by atoms with Crippen LogP contribution in [-0.4, -0.2) is 13.4 Å². The van der Waals surface area contributed by atoms with Crippen LogP contribution < -0.4 is 10.5 Å². The summed E-state index contributed by atoms with van der Waals surface area (Å²) in [6.07, 6.45) is 0. The first-order valence-electron chi connectivity index (χ1n) is 6.02. The van der Waals surface area contributed by atoms with Crippen molar-refractivity contribution in [2.75, 3.05) is 0 Å². The van der Waals surface area contributed by atoms with E-state index in [0.29, 0.717) is 10.6 Å². The fourth-order valence-electron chi connectivity index (χ4n) is 1.73. The molecule has 0 heterocycles. The van der Waals surface area contributed by atoms with Gasteiger partial charge in [0.2, 0.25) is 10.0 Å². The number of halogens is 1. The van der Waals surface area contributed by atoms with Crippen LogP contribution in [-0.2, 0) is 16.6 Å². The summed E-state index contributed by atoms with van der Waals surface area (Å²) < 4.78 is 27.0. The summed E-state index contributed by atoms with van der Waals surface area (Å²) in [4.78, 5) is 0.275. The molecule has 0 unspecified atom stereocenters. The van der Waals surface area contributed by atoms with Crippen molar-refractivity contribution in [2.24, 2.45) is 5.73 Å². The molecule has 2 aromatic rings. The molecule has 21 heavy (non-hydrogen) atoms. The van der Waals surface area contributed by atoms with E-state index in [0.717, 1.165) is 5.56 Å². The number of nitrogens with one attached hydrogen (secondary N) is 1. The molecule has 0 aromatic heterocycles. The van der Waals surface area contributed by atoms with Crippen molar-refractivity contribution in [1.82, 2.24) is 4.72 Å². The topological polar surface area (TPSA) is 72.2 Å². The SMILES string of the molecule is NC(=S)c1cccc(S(=O)(=O)NCc2cccc(Cl)c2)c1. The lowest BCUT2D eigenvalue weighted by atomic mass is 10.2. The second-order valence-corrected chi connectivity index (χ2v) is 6.99. The molecule has 7 heteroatoms. The summed E-state index contributed by atoms with van der Waals surface area (Å²) in [5.41, 5.74) is 6.79. The van der Waals surface area contributed by atoms with Crippen molar-refractivity contribution in [3.8, 4) is 0 Å². The van der Waals surface area contributed by atoms with Crippen LogP contribution in [0.4, 0.5) is 0 Å². The third-order valence-electron chi connectivity index (χ3n) is 2.78. The maximum Gasteiger partial charge on any atom is 0.240 e. The van der Waals surface area contributed by atoms with Crippen molar-refractivity contribution in [3.05, 3.63) is 64.7 Å². The number of hydrogen-bond donors (Lipinski definition) is 2. The first-order chi connectivity index (χ1) is 9.88. The Morgan fingerprint density at radius 1 is 1.19 bits per heavy atom. The Labute approximate surface area is 134 Å². The third-order valence-corrected chi connectivity index (χ3v) is 4.65. The molecular weight excluding hydrogens is 328 g/mol. The Balaban J connectivity index is 2.19. The molecule has 0 radical (unpaired) electrons. The molecule has 3 N–H and O–H groups in total. The average molecular weight is 341 g/mol. The molecule has 0 fully saturated rings. The van der Waals surface area contributed by atoms with Crippen LogP contribution in [0.1, 0.15) is 11.1 Å². The molecule has 0 aliphatic carbocycles. The van der Waals surface area contributed by atoms with Gasteiger partial charge in [0, 0.05) is 17.1 Å². The first kappa shape index (κ1) is 15.9. The van der Waals surface area contributed by atoms with E-state index >= 15 is 0 Å². The zero-order chi connectivity index (χ0) is 15.5. The second kappa shape index (κ2) is 6.53. The van der Waals surface area contributed by atoms with Crippen LogP contribution in [0.5, 0.6) is 0 Å². The molecule has 0 aliphatic rings. The van der Waals surface area contributed by atoms with Gasteiger partial charge in [-0.3, -0.25) is 0 Å². The Morgan fingerprint density at radius 2 is 1.90 bits per heavy atom. The second-order valence-electron chi connectivity index (χ2n) is 4.35. The molecule has 0 saturated heterocycles. The van der Waals surface area contributed by atoms with E-state index in [1.165, 1.54) is 12.1 Å². The van der Waals surface area contributed by atoms with Gasteiger partial charge in [-0.05, 0) is 29.8 Å². The van der Waals surface area contributed by atoms with Crippen LogP contribution in [0.3, 0.4) is 0 Å². The molecule has 4 nitrogen and oxygen atoms in total. The number of hydrogen-bond acceptors (Lipinski definition) is 3. The van der Waals surface area contributed by atoms with E-state index in [9.17, 15) is 8.42 Å². The van der Waals surface area contributed by atoms with Crippen molar-refractivity contribution in [3.63, 3.8) is 0 Å². The van der Waals surface area contributed by atoms with Crippen molar-refractivity contribution in [2.45, 2.75) is 11.4 Å². The van der Waals surface area contributed by atoms with Gasteiger partial charge in [-0.2, -0.15) is 0 Å². The minimum Gasteiger partial charge on any atom is -0.389 e. The molecule has 2 rings (SSSR count). The monoisotopic (exact) mass is 340 g/mol. The number of benzene rings is 2. The largest absolute Gasteiger partial charge is 0.389 e. The molecule has 0 aliphatic heterocycles. The van der Waals surface area contributed by atoms with E-state index in [4.69, 9.17) is 29.6 Å².